The van der Waals surface area contributed by atoms with Gasteiger partial charge in [-0.05, 0) is 96.1 Å². The fourth-order valence-electron chi connectivity index (χ4n) is 10.4. The molecule has 6 heterocycles. The normalized spacial score (nSPS) is 11.8. The van der Waals surface area contributed by atoms with Crippen molar-refractivity contribution >= 4 is 65.5 Å². The second kappa shape index (κ2) is 15.6. The molecule has 69 heavy (non-hydrogen) atoms. The van der Waals surface area contributed by atoms with Crippen molar-refractivity contribution in [2.45, 2.75) is 0 Å². The fourth-order valence-corrected chi connectivity index (χ4v) is 10.4. The molecule has 0 aliphatic heterocycles. The second-order valence-corrected chi connectivity index (χ2v) is 17.5. The maximum absolute atomic E-state index is 5.23. The van der Waals surface area contributed by atoms with E-state index in [9.17, 15) is 0 Å². The summed E-state index contributed by atoms with van der Waals surface area (Å²) in [6, 6.07) is 77.2. The molecule has 8 aromatic carbocycles. The highest BCUT2D eigenvalue weighted by molar-refractivity contribution is 6.13. The Morgan fingerprint density at radius 1 is 0.304 bits per heavy atom. The quantitative estimate of drug-likeness (QED) is 0.160. The van der Waals surface area contributed by atoms with Gasteiger partial charge in [-0.2, -0.15) is 0 Å². The van der Waals surface area contributed by atoms with Crippen LogP contribution in [0.3, 0.4) is 0 Å². The summed E-state index contributed by atoms with van der Waals surface area (Å²) in [5.41, 5.74) is 17.0. The van der Waals surface area contributed by atoms with Gasteiger partial charge in [-0.15, -0.1) is 0 Å². The largest absolute Gasteiger partial charge is 0.309 e. The van der Waals surface area contributed by atoms with Gasteiger partial charge in [0.2, 0.25) is 0 Å². The van der Waals surface area contributed by atoms with Gasteiger partial charge in [0.05, 0.1) is 44.3 Å². The van der Waals surface area contributed by atoms with Crippen LogP contribution in [0.1, 0.15) is 0 Å². The molecule has 7 nitrogen and oxygen atoms in total. The van der Waals surface area contributed by atoms with E-state index in [1.165, 1.54) is 10.8 Å². The van der Waals surface area contributed by atoms with Crippen LogP contribution in [0.25, 0.3) is 128 Å². The van der Waals surface area contributed by atoms with Gasteiger partial charge in [0.15, 0.2) is 5.82 Å². The van der Waals surface area contributed by atoms with Gasteiger partial charge in [-0.3, -0.25) is 14.5 Å². The summed E-state index contributed by atoms with van der Waals surface area (Å²) < 4.78 is 6.96. The van der Waals surface area contributed by atoms with Crippen LogP contribution in [0.2, 0.25) is 0 Å². The van der Waals surface area contributed by atoms with Gasteiger partial charge >= 0.3 is 0 Å². The summed E-state index contributed by atoms with van der Waals surface area (Å²) >= 11 is 0. The third-order valence-electron chi connectivity index (χ3n) is 13.6. The molecule has 0 bridgehead atoms. The van der Waals surface area contributed by atoms with Crippen LogP contribution in [0.4, 0.5) is 0 Å². The van der Waals surface area contributed by atoms with Crippen molar-refractivity contribution in [1.82, 2.24) is 33.6 Å². The maximum atomic E-state index is 5.23. The average Bonchev–Trinajstić information content (AvgIpc) is 4.06. The Bertz CT molecular complexity index is 4240. The Hall–Kier alpha value is -9.46. The number of hydrogen-bond acceptors (Lipinski definition) is 4. The monoisotopic (exact) mass is 881 g/mol. The SMILES string of the molecule is c1ccc(-c2cc(-n3c4ccccc4c4cc(-c5cncc(-c6ccc7c(c6)c6ccccc6n7-c6ccc7c(c6)c6ncccc6n7-c6ccccc6)c5)ccc43)nc(-c3ccccc3)n2)cc1. The molecule has 0 N–H and O–H groups in total. The van der Waals surface area contributed by atoms with E-state index < -0.39 is 0 Å². The first kappa shape index (κ1) is 38.8. The van der Waals surface area contributed by atoms with Crippen LogP contribution in [-0.4, -0.2) is 33.6 Å². The summed E-state index contributed by atoms with van der Waals surface area (Å²) in [4.78, 5) is 20.0. The van der Waals surface area contributed by atoms with Gasteiger partial charge in [-0.1, -0.05) is 127 Å². The van der Waals surface area contributed by atoms with Crippen LogP contribution in [0.5, 0.6) is 0 Å². The molecule has 0 fully saturated rings. The summed E-state index contributed by atoms with van der Waals surface area (Å²) in [6.45, 7) is 0. The van der Waals surface area contributed by atoms with Gasteiger partial charge < -0.3 is 9.13 Å². The topological polar surface area (TPSA) is 66.3 Å². The highest BCUT2D eigenvalue weighted by Gasteiger charge is 2.20. The van der Waals surface area contributed by atoms with Gasteiger partial charge in [0.1, 0.15) is 5.82 Å². The molecule has 6 aromatic heterocycles. The maximum Gasteiger partial charge on any atom is 0.162 e. The molecule has 0 aliphatic rings. The highest BCUT2D eigenvalue weighted by Crippen LogP contribution is 2.40. The Morgan fingerprint density at radius 2 is 0.841 bits per heavy atom. The number of fused-ring (bicyclic) bond motifs is 9. The number of benzene rings is 8. The first-order valence-electron chi connectivity index (χ1n) is 23.2. The van der Waals surface area contributed by atoms with Gasteiger partial charge in [0, 0.05) is 85.2 Å². The van der Waals surface area contributed by atoms with E-state index in [0.29, 0.717) is 5.82 Å². The molecule has 14 aromatic rings. The second-order valence-electron chi connectivity index (χ2n) is 17.5. The predicted octanol–water partition coefficient (Wildman–Crippen LogP) is 15.2. The first-order chi connectivity index (χ1) is 34.2. The van der Waals surface area contributed by atoms with E-state index in [1.807, 2.05) is 48.9 Å². The molecule has 0 aliphatic carbocycles. The molecule has 0 unspecified atom stereocenters. The lowest BCUT2D eigenvalue weighted by Crippen LogP contribution is -2.02. The smallest absolute Gasteiger partial charge is 0.162 e. The minimum Gasteiger partial charge on any atom is -0.309 e. The van der Waals surface area contributed by atoms with E-state index >= 15 is 0 Å². The van der Waals surface area contributed by atoms with Crippen molar-refractivity contribution in [1.29, 1.82) is 0 Å². The molecule has 0 spiro atoms. The number of aromatic nitrogens is 7. The summed E-state index contributed by atoms with van der Waals surface area (Å²) in [7, 11) is 0. The van der Waals surface area contributed by atoms with Crippen LogP contribution in [-0.2, 0) is 0 Å². The lowest BCUT2D eigenvalue weighted by atomic mass is 9.99. The molecule has 0 radical (unpaired) electrons. The number of para-hydroxylation sites is 3. The van der Waals surface area contributed by atoms with Gasteiger partial charge in [-0.25, -0.2) is 9.97 Å². The third kappa shape index (κ3) is 6.29. The van der Waals surface area contributed by atoms with Crippen molar-refractivity contribution in [3.05, 3.63) is 237 Å². The molecule has 0 saturated carbocycles. The van der Waals surface area contributed by atoms with Gasteiger partial charge in [0.25, 0.3) is 0 Å². The van der Waals surface area contributed by atoms with E-state index in [0.717, 1.165) is 111 Å². The standard InChI is InChI=1S/C62H39N7/c1-4-15-40(16-5-1)53-37-60(66-62(65-53)41-17-6-2-7-18-41)69-55-24-13-11-22-49(55)51-35-43(27-30-57(51)69)45-33-44(38-63-39-45)42-26-29-56-50(34-42)48-21-10-12-23-54(48)68(56)47-28-31-58-52(36-47)61-59(25-14-32-64-61)67(58)46-19-8-3-9-20-46/h1-39H. The van der Waals surface area contributed by atoms with E-state index in [1.54, 1.807) is 0 Å². The minimum atomic E-state index is 0.683. The van der Waals surface area contributed by atoms with Crippen LogP contribution in [0.15, 0.2) is 237 Å². The number of hydrogen-bond donors (Lipinski definition) is 0. The zero-order chi connectivity index (χ0) is 45.4. The minimum absolute atomic E-state index is 0.683. The van der Waals surface area contributed by atoms with E-state index in [-0.39, 0.29) is 0 Å². The fraction of sp³-hybridized carbons (Fsp3) is 0. The molecule has 0 atom stereocenters. The Kier molecular flexibility index (Phi) is 8.75. The van der Waals surface area contributed by atoms with Crippen LogP contribution in [0, 0.1) is 0 Å². The third-order valence-corrected chi connectivity index (χ3v) is 13.6. The molecular weight excluding hydrogens is 843 g/mol. The predicted molar refractivity (Wildman–Crippen MR) is 282 cm³/mol. The van der Waals surface area contributed by atoms with Crippen molar-refractivity contribution in [2.75, 3.05) is 0 Å². The van der Waals surface area contributed by atoms with Crippen molar-refractivity contribution in [3.8, 4) is 62.1 Å². The van der Waals surface area contributed by atoms with Crippen LogP contribution < -0.4 is 0 Å². The Labute approximate surface area is 396 Å². The van der Waals surface area contributed by atoms with Crippen LogP contribution >= 0.6 is 0 Å². The lowest BCUT2D eigenvalue weighted by molar-refractivity contribution is 1.05. The van der Waals surface area contributed by atoms with Crippen molar-refractivity contribution < 1.29 is 0 Å². The zero-order valence-corrected chi connectivity index (χ0v) is 37.1. The Morgan fingerprint density at radius 3 is 1.54 bits per heavy atom. The lowest BCUT2D eigenvalue weighted by Gasteiger charge is -2.12. The number of nitrogens with zero attached hydrogens (tertiary/aromatic N) is 7. The highest BCUT2D eigenvalue weighted by atomic mass is 15.1. The molecular formula is C62H39N7. The summed E-state index contributed by atoms with van der Waals surface area (Å²) in [6.07, 6.45) is 5.83. The van der Waals surface area contributed by atoms with Crippen molar-refractivity contribution in [3.63, 3.8) is 0 Å². The first-order valence-corrected chi connectivity index (χ1v) is 23.2. The molecule has 7 heteroatoms. The molecule has 322 valence electrons. The van der Waals surface area contributed by atoms with Crippen molar-refractivity contribution in [2.24, 2.45) is 0 Å². The zero-order valence-electron chi connectivity index (χ0n) is 37.1. The summed E-state index contributed by atoms with van der Waals surface area (Å²) in [5, 5.41) is 5.79. The molecule has 14 rings (SSSR count). The average molecular weight is 882 g/mol. The molecule has 0 saturated heterocycles. The van der Waals surface area contributed by atoms with E-state index in [4.69, 9.17) is 19.9 Å². The summed E-state index contributed by atoms with van der Waals surface area (Å²) in [5.74, 6) is 1.50. The number of rotatable bonds is 7. The number of pyridine rings is 2. The Balaban J connectivity index is 0.871. The molecule has 0 amide bonds. The van der Waals surface area contributed by atoms with E-state index in [2.05, 4.69) is 202 Å².